The van der Waals surface area contributed by atoms with Crippen LogP contribution in [0.1, 0.15) is 17.3 Å². The number of benzene rings is 1. The van der Waals surface area contributed by atoms with Crippen LogP contribution in [-0.2, 0) is 6.54 Å². The summed E-state index contributed by atoms with van der Waals surface area (Å²) < 4.78 is 2.11. The number of hydrogen-bond donors (Lipinski definition) is 0. The third-order valence-corrected chi connectivity index (χ3v) is 3.53. The van der Waals surface area contributed by atoms with Crippen LogP contribution < -0.4 is 0 Å². The lowest BCUT2D eigenvalue weighted by molar-refractivity contribution is -0.384. The smallest absolute Gasteiger partial charge is 0.278 e. The Kier molecular flexibility index (Phi) is 3.75. The minimum Gasteiger partial charge on any atom is -0.298 e. The summed E-state index contributed by atoms with van der Waals surface area (Å²) >= 11 is 3.28. The zero-order valence-electron chi connectivity index (χ0n) is 10.0. The Morgan fingerprint density at radius 3 is 2.74 bits per heavy atom. The van der Waals surface area contributed by atoms with E-state index in [4.69, 9.17) is 0 Å². The molecular weight excluding hydrogens is 314 g/mol. The summed E-state index contributed by atoms with van der Waals surface area (Å²) in [6.07, 6.45) is 0.648. The zero-order chi connectivity index (χ0) is 14.0. The van der Waals surface area contributed by atoms with E-state index in [1.54, 1.807) is 22.9 Å². The Bertz CT molecular complexity index is 652. The molecular formula is C12H10BrN3O3. The second kappa shape index (κ2) is 5.31. The summed E-state index contributed by atoms with van der Waals surface area (Å²) in [6, 6.07) is 6.23. The molecule has 1 heterocycles. The molecule has 19 heavy (non-hydrogen) atoms. The van der Waals surface area contributed by atoms with Crippen molar-refractivity contribution in [2.45, 2.75) is 13.5 Å². The van der Waals surface area contributed by atoms with Crippen molar-refractivity contribution in [3.63, 3.8) is 0 Å². The largest absolute Gasteiger partial charge is 0.298 e. The van der Waals surface area contributed by atoms with E-state index in [0.29, 0.717) is 34.3 Å². The van der Waals surface area contributed by atoms with Crippen LogP contribution in [0.4, 0.5) is 5.69 Å². The lowest BCUT2D eigenvalue weighted by Gasteiger charge is -1.99. The lowest BCUT2D eigenvalue weighted by atomic mass is 10.1. The van der Waals surface area contributed by atoms with Crippen molar-refractivity contribution in [1.82, 2.24) is 9.78 Å². The Balaban J connectivity index is 2.72. The number of nitrogens with zero attached hydrogens (tertiary/aromatic N) is 3. The lowest BCUT2D eigenvalue weighted by Crippen LogP contribution is -1.97. The highest BCUT2D eigenvalue weighted by Crippen LogP contribution is 2.33. The normalized spacial score (nSPS) is 10.4. The maximum atomic E-state index is 11.2. The molecule has 0 atom stereocenters. The van der Waals surface area contributed by atoms with Gasteiger partial charge in [0.05, 0.1) is 16.1 Å². The van der Waals surface area contributed by atoms with Crippen molar-refractivity contribution in [2.75, 3.05) is 0 Å². The first-order valence-electron chi connectivity index (χ1n) is 5.55. The molecule has 1 aromatic heterocycles. The Labute approximate surface area is 117 Å². The van der Waals surface area contributed by atoms with Gasteiger partial charge in [0.25, 0.3) is 5.69 Å². The van der Waals surface area contributed by atoms with E-state index in [9.17, 15) is 14.9 Å². The van der Waals surface area contributed by atoms with Crippen LogP contribution in [0.25, 0.3) is 11.3 Å². The predicted molar refractivity (Wildman–Crippen MR) is 73.1 cm³/mol. The monoisotopic (exact) mass is 323 g/mol. The van der Waals surface area contributed by atoms with Gasteiger partial charge in [-0.05, 0) is 28.9 Å². The third kappa shape index (κ3) is 2.28. The topological polar surface area (TPSA) is 78.0 Å². The first kappa shape index (κ1) is 13.4. The molecule has 0 spiro atoms. The van der Waals surface area contributed by atoms with Crippen LogP contribution in [-0.4, -0.2) is 21.0 Å². The Hall–Kier alpha value is -2.02. The molecule has 0 aliphatic carbocycles. The summed E-state index contributed by atoms with van der Waals surface area (Å²) in [5.74, 6) is 0. The SMILES string of the molecule is CCn1nc(-c2ccccc2[N+](=O)[O-])c(C=O)c1Br. The van der Waals surface area contributed by atoms with Gasteiger partial charge < -0.3 is 0 Å². The van der Waals surface area contributed by atoms with Crippen molar-refractivity contribution in [2.24, 2.45) is 0 Å². The fraction of sp³-hybridized carbons (Fsp3) is 0.167. The number of halogens is 1. The first-order valence-corrected chi connectivity index (χ1v) is 6.34. The minimum absolute atomic E-state index is 0.0705. The molecule has 0 aliphatic heterocycles. The van der Waals surface area contributed by atoms with Gasteiger partial charge in [-0.3, -0.25) is 19.6 Å². The van der Waals surface area contributed by atoms with Crippen molar-refractivity contribution in [1.29, 1.82) is 0 Å². The van der Waals surface area contributed by atoms with E-state index < -0.39 is 4.92 Å². The number of carbonyl (C=O) groups is 1. The van der Waals surface area contributed by atoms with Crippen molar-refractivity contribution >= 4 is 27.9 Å². The molecule has 7 heteroatoms. The Morgan fingerprint density at radius 1 is 1.47 bits per heavy atom. The summed E-state index contributed by atoms with van der Waals surface area (Å²) in [4.78, 5) is 21.7. The molecule has 2 rings (SSSR count). The molecule has 0 bridgehead atoms. The molecule has 0 N–H and O–H groups in total. The molecule has 2 aromatic rings. The standard InChI is InChI=1S/C12H10BrN3O3/c1-2-15-12(13)9(7-17)11(14-15)8-5-3-4-6-10(8)16(18)19/h3-7H,2H2,1H3. The van der Waals surface area contributed by atoms with Gasteiger partial charge in [-0.2, -0.15) is 5.10 Å². The number of nitro benzene ring substituents is 1. The van der Waals surface area contributed by atoms with Crippen LogP contribution in [0.15, 0.2) is 28.9 Å². The summed E-state index contributed by atoms with van der Waals surface area (Å²) in [5.41, 5.74) is 0.897. The van der Waals surface area contributed by atoms with Crippen LogP contribution in [0.3, 0.4) is 0 Å². The molecule has 0 saturated heterocycles. The minimum atomic E-state index is -0.483. The van der Waals surface area contributed by atoms with E-state index >= 15 is 0 Å². The van der Waals surface area contributed by atoms with Gasteiger partial charge in [0.1, 0.15) is 10.3 Å². The first-order chi connectivity index (χ1) is 9.10. The zero-order valence-corrected chi connectivity index (χ0v) is 11.6. The van der Waals surface area contributed by atoms with Crippen molar-refractivity contribution < 1.29 is 9.72 Å². The number of aromatic nitrogens is 2. The Morgan fingerprint density at radius 2 is 2.16 bits per heavy atom. The van der Waals surface area contributed by atoms with Gasteiger partial charge in [0.2, 0.25) is 0 Å². The molecule has 0 saturated carbocycles. The van der Waals surface area contributed by atoms with Gasteiger partial charge in [0.15, 0.2) is 6.29 Å². The maximum absolute atomic E-state index is 11.2. The highest BCUT2D eigenvalue weighted by Gasteiger charge is 2.22. The van der Waals surface area contributed by atoms with Crippen molar-refractivity contribution in [3.8, 4) is 11.3 Å². The van der Waals surface area contributed by atoms with Gasteiger partial charge in [-0.1, -0.05) is 12.1 Å². The van der Waals surface area contributed by atoms with E-state index in [1.807, 2.05) is 6.92 Å². The number of rotatable bonds is 4. The van der Waals surface area contributed by atoms with Crippen LogP contribution >= 0.6 is 15.9 Å². The van der Waals surface area contributed by atoms with Gasteiger partial charge >= 0.3 is 0 Å². The number of carbonyl (C=O) groups excluding carboxylic acids is 1. The van der Waals surface area contributed by atoms with Crippen LogP contribution in [0, 0.1) is 10.1 Å². The maximum Gasteiger partial charge on any atom is 0.278 e. The average molecular weight is 324 g/mol. The van der Waals surface area contributed by atoms with Gasteiger partial charge in [-0.15, -0.1) is 0 Å². The van der Waals surface area contributed by atoms with Crippen molar-refractivity contribution in [3.05, 3.63) is 44.5 Å². The highest BCUT2D eigenvalue weighted by atomic mass is 79.9. The van der Waals surface area contributed by atoms with Gasteiger partial charge in [0, 0.05) is 12.6 Å². The van der Waals surface area contributed by atoms with Crippen LogP contribution in [0.2, 0.25) is 0 Å². The van der Waals surface area contributed by atoms with Crippen LogP contribution in [0.5, 0.6) is 0 Å². The second-order valence-corrected chi connectivity index (χ2v) is 4.51. The molecule has 98 valence electrons. The summed E-state index contributed by atoms with van der Waals surface area (Å²) in [5, 5.41) is 15.3. The quantitative estimate of drug-likeness (QED) is 0.492. The number of hydrogen-bond acceptors (Lipinski definition) is 4. The highest BCUT2D eigenvalue weighted by molar-refractivity contribution is 9.10. The molecule has 0 amide bonds. The molecule has 1 aromatic carbocycles. The molecule has 0 aliphatic rings. The van der Waals surface area contributed by atoms with E-state index in [0.717, 1.165) is 0 Å². The summed E-state index contributed by atoms with van der Waals surface area (Å²) in [7, 11) is 0. The number of nitro groups is 1. The molecule has 0 fully saturated rings. The van der Waals surface area contributed by atoms with E-state index in [2.05, 4.69) is 21.0 Å². The molecule has 6 nitrogen and oxygen atoms in total. The van der Waals surface area contributed by atoms with E-state index in [-0.39, 0.29) is 5.69 Å². The number of para-hydroxylation sites is 1. The fourth-order valence-electron chi connectivity index (χ4n) is 1.80. The molecule has 0 radical (unpaired) electrons. The van der Waals surface area contributed by atoms with Gasteiger partial charge in [-0.25, -0.2) is 0 Å². The van der Waals surface area contributed by atoms with E-state index in [1.165, 1.54) is 6.07 Å². The molecule has 0 unspecified atom stereocenters. The average Bonchev–Trinajstić information content (AvgIpc) is 2.74. The third-order valence-electron chi connectivity index (χ3n) is 2.70. The number of aryl methyl sites for hydroxylation is 1. The summed E-state index contributed by atoms with van der Waals surface area (Å²) in [6.45, 7) is 2.43. The number of aldehydes is 1. The fourth-order valence-corrected chi connectivity index (χ4v) is 2.41. The predicted octanol–water partition coefficient (Wildman–Crippen LogP) is 3.05. The second-order valence-electron chi connectivity index (χ2n) is 3.76.